The molecule has 0 radical (unpaired) electrons. The van der Waals surface area contributed by atoms with Gasteiger partial charge in [0.2, 0.25) is 5.78 Å². The SMILES string of the molecule is CCOC(=O)c1c(C)[nH]c(C)c1C(=O)/C(C#N)=C/c1ccc(OC(F)F)cc1. The smallest absolute Gasteiger partial charge is 0.387 e. The number of rotatable bonds is 7. The number of carbonyl (C=O) groups is 2. The van der Waals surface area contributed by atoms with Crippen molar-refractivity contribution < 1.29 is 27.8 Å². The van der Waals surface area contributed by atoms with Crippen LogP contribution in [0.4, 0.5) is 8.78 Å². The van der Waals surface area contributed by atoms with Crippen molar-refractivity contribution in [2.75, 3.05) is 6.61 Å². The first kappa shape index (κ1) is 20.8. The monoisotopic (exact) mass is 388 g/mol. The van der Waals surface area contributed by atoms with E-state index in [1.165, 1.54) is 30.3 Å². The van der Waals surface area contributed by atoms with Crippen LogP contribution in [0.25, 0.3) is 6.08 Å². The number of carbonyl (C=O) groups excluding carboxylic acids is 2. The van der Waals surface area contributed by atoms with Gasteiger partial charge in [0.15, 0.2) is 0 Å². The second-order valence-electron chi connectivity index (χ2n) is 5.79. The zero-order valence-electron chi connectivity index (χ0n) is 15.5. The van der Waals surface area contributed by atoms with Crippen LogP contribution < -0.4 is 4.74 Å². The Balaban J connectivity index is 2.40. The maximum Gasteiger partial charge on any atom is 0.387 e. The van der Waals surface area contributed by atoms with E-state index in [4.69, 9.17) is 4.74 Å². The number of Topliss-reactive ketones (excluding diaryl/α,β-unsaturated/α-hetero) is 1. The van der Waals surface area contributed by atoms with Gasteiger partial charge in [0.1, 0.15) is 17.4 Å². The summed E-state index contributed by atoms with van der Waals surface area (Å²) in [6.07, 6.45) is 1.31. The first-order chi connectivity index (χ1) is 13.3. The quantitative estimate of drug-likeness (QED) is 0.332. The van der Waals surface area contributed by atoms with Crippen LogP contribution in [0.5, 0.6) is 5.75 Å². The molecule has 28 heavy (non-hydrogen) atoms. The number of aromatic amines is 1. The molecule has 1 aromatic heterocycles. The predicted octanol–water partition coefficient (Wildman–Crippen LogP) is 4.20. The molecule has 0 unspecified atom stereocenters. The molecule has 6 nitrogen and oxygen atoms in total. The number of allylic oxidation sites excluding steroid dienone is 1. The molecule has 0 aliphatic rings. The molecule has 0 fully saturated rings. The molecule has 0 amide bonds. The topological polar surface area (TPSA) is 92.2 Å². The highest BCUT2D eigenvalue weighted by atomic mass is 19.3. The van der Waals surface area contributed by atoms with Crippen LogP contribution >= 0.6 is 0 Å². The summed E-state index contributed by atoms with van der Waals surface area (Å²) < 4.78 is 33.7. The van der Waals surface area contributed by atoms with E-state index in [0.717, 1.165) is 0 Å². The Morgan fingerprint density at radius 1 is 1.18 bits per heavy atom. The van der Waals surface area contributed by atoms with E-state index in [1.807, 2.05) is 6.07 Å². The number of H-pyrrole nitrogens is 1. The summed E-state index contributed by atoms with van der Waals surface area (Å²) in [6.45, 7) is 2.10. The third-order valence-electron chi connectivity index (χ3n) is 3.86. The van der Waals surface area contributed by atoms with Crippen molar-refractivity contribution in [3.8, 4) is 11.8 Å². The summed E-state index contributed by atoms with van der Waals surface area (Å²) in [6, 6.07) is 7.29. The Morgan fingerprint density at radius 2 is 1.79 bits per heavy atom. The number of ether oxygens (including phenoxy) is 2. The molecule has 0 aliphatic carbocycles. The molecule has 0 saturated heterocycles. The number of aryl methyl sites for hydroxylation is 2. The molecule has 1 N–H and O–H groups in total. The van der Waals surface area contributed by atoms with Gasteiger partial charge in [-0.2, -0.15) is 14.0 Å². The predicted molar refractivity (Wildman–Crippen MR) is 97.2 cm³/mol. The van der Waals surface area contributed by atoms with Crippen LogP contribution in [0.1, 0.15) is 44.6 Å². The van der Waals surface area contributed by atoms with Gasteiger partial charge in [0.25, 0.3) is 0 Å². The lowest BCUT2D eigenvalue weighted by Gasteiger charge is -2.06. The van der Waals surface area contributed by atoms with E-state index in [0.29, 0.717) is 17.0 Å². The lowest BCUT2D eigenvalue weighted by molar-refractivity contribution is -0.0498. The first-order valence-electron chi connectivity index (χ1n) is 8.36. The third kappa shape index (κ3) is 4.62. The standard InChI is InChI=1S/C20H18F2N2O4/c1-4-27-19(26)17-12(3)24-11(2)16(17)18(25)14(10-23)9-13-5-7-15(8-6-13)28-20(21)22/h5-9,20,24H,4H2,1-3H3/b14-9+. The number of nitrogens with one attached hydrogen (secondary N) is 1. The summed E-state index contributed by atoms with van der Waals surface area (Å²) in [5.74, 6) is -1.34. The number of benzene rings is 1. The number of alkyl halides is 2. The van der Waals surface area contributed by atoms with Gasteiger partial charge in [0.05, 0.1) is 17.7 Å². The van der Waals surface area contributed by atoms with Crippen molar-refractivity contribution in [1.29, 1.82) is 5.26 Å². The highest BCUT2D eigenvalue weighted by molar-refractivity contribution is 6.19. The molecule has 2 rings (SSSR count). The van der Waals surface area contributed by atoms with Crippen LogP contribution in [0.2, 0.25) is 0 Å². The maximum atomic E-state index is 12.9. The average molecular weight is 388 g/mol. The number of aromatic nitrogens is 1. The minimum Gasteiger partial charge on any atom is -0.462 e. The second-order valence-corrected chi connectivity index (χ2v) is 5.79. The summed E-state index contributed by atoms with van der Waals surface area (Å²) in [5, 5.41) is 9.43. The molecule has 146 valence electrons. The van der Waals surface area contributed by atoms with Gasteiger partial charge in [-0.1, -0.05) is 12.1 Å². The minimum absolute atomic E-state index is 0.0429. The van der Waals surface area contributed by atoms with E-state index < -0.39 is 18.4 Å². The number of halogens is 2. The summed E-state index contributed by atoms with van der Waals surface area (Å²) in [7, 11) is 0. The molecular weight excluding hydrogens is 370 g/mol. The Kier molecular flexibility index (Phi) is 6.66. The third-order valence-corrected chi connectivity index (χ3v) is 3.86. The molecule has 0 bridgehead atoms. The lowest BCUT2D eigenvalue weighted by atomic mass is 9.98. The maximum absolute atomic E-state index is 12.9. The first-order valence-corrected chi connectivity index (χ1v) is 8.36. The van der Waals surface area contributed by atoms with E-state index >= 15 is 0 Å². The Hall–Kier alpha value is -3.47. The zero-order chi connectivity index (χ0) is 20.8. The fourth-order valence-corrected chi connectivity index (χ4v) is 2.72. The van der Waals surface area contributed by atoms with Crippen LogP contribution in [-0.2, 0) is 4.74 Å². The lowest BCUT2D eigenvalue weighted by Crippen LogP contribution is -2.13. The Bertz CT molecular complexity index is 954. The number of hydrogen-bond donors (Lipinski definition) is 1. The zero-order valence-corrected chi connectivity index (χ0v) is 15.5. The molecule has 1 aromatic carbocycles. The molecule has 2 aromatic rings. The Morgan fingerprint density at radius 3 is 2.32 bits per heavy atom. The van der Waals surface area contributed by atoms with E-state index in [1.54, 1.807) is 20.8 Å². The van der Waals surface area contributed by atoms with E-state index in [2.05, 4.69) is 9.72 Å². The summed E-state index contributed by atoms with van der Waals surface area (Å²) in [4.78, 5) is 28.1. The fraction of sp³-hybridized carbons (Fsp3) is 0.250. The van der Waals surface area contributed by atoms with Gasteiger partial charge >= 0.3 is 12.6 Å². The van der Waals surface area contributed by atoms with Crippen molar-refractivity contribution in [2.24, 2.45) is 0 Å². The second kappa shape index (κ2) is 8.95. The van der Waals surface area contributed by atoms with Gasteiger partial charge in [-0.15, -0.1) is 0 Å². The van der Waals surface area contributed by atoms with Crippen molar-refractivity contribution in [3.05, 3.63) is 57.9 Å². The van der Waals surface area contributed by atoms with Gasteiger partial charge in [0, 0.05) is 11.4 Å². The van der Waals surface area contributed by atoms with E-state index in [9.17, 15) is 23.6 Å². The van der Waals surface area contributed by atoms with E-state index in [-0.39, 0.29) is 29.1 Å². The molecule has 0 spiro atoms. The van der Waals surface area contributed by atoms with Crippen molar-refractivity contribution in [1.82, 2.24) is 4.98 Å². The van der Waals surface area contributed by atoms with Crippen LogP contribution in [-0.4, -0.2) is 30.0 Å². The van der Waals surface area contributed by atoms with Crippen molar-refractivity contribution in [3.63, 3.8) is 0 Å². The molecule has 0 aliphatic heterocycles. The van der Waals surface area contributed by atoms with Crippen LogP contribution in [0, 0.1) is 25.2 Å². The number of esters is 1. The normalized spacial score (nSPS) is 11.2. The summed E-state index contributed by atoms with van der Waals surface area (Å²) >= 11 is 0. The van der Waals surface area contributed by atoms with Crippen molar-refractivity contribution in [2.45, 2.75) is 27.4 Å². The van der Waals surface area contributed by atoms with Crippen LogP contribution in [0.3, 0.4) is 0 Å². The number of nitrogens with zero attached hydrogens (tertiary/aromatic N) is 1. The molecule has 0 saturated carbocycles. The number of hydrogen-bond acceptors (Lipinski definition) is 5. The average Bonchev–Trinajstić information content (AvgIpc) is 2.94. The minimum atomic E-state index is -2.95. The largest absolute Gasteiger partial charge is 0.462 e. The van der Waals surface area contributed by atoms with Gasteiger partial charge in [-0.05, 0) is 44.5 Å². The summed E-state index contributed by atoms with van der Waals surface area (Å²) in [5.41, 5.74) is 1.29. The molecule has 8 heteroatoms. The molecule has 0 atom stereocenters. The Labute approximate surface area is 160 Å². The van der Waals surface area contributed by atoms with Gasteiger partial charge in [-0.25, -0.2) is 4.79 Å². The number of ketones is 1. The number of nitriles is 1. The van der Waals surface area contributed by atoms with Crippen LogP contribution in [0.15, 0.2) is 29.8 Å². The molecular formula is C20H18F2N2O4. The highest BCUT2D eigenvalue weighted by Gasteiger charge is 2.27. The van der Waals surface area contributed by atoms with Crippen molar-refractivity contribution >= 4 is 17.8 Å². The fourth-order valence-electron chi connectivity index (χ4n) is 2.72. The van der Waals surface area contributed by atoms with Gasteiger partial charge in [-0.3, -0.25) is 4.79 Å². The highest BCUT2D eigenvalue weighted by Crippen LogP contribution is 2.24. The molecule has 1 heterocycles. The van der Waals surface area contributed by atoms with Gasteiger partial charge < -0.3 is 14.5 Å².